The van der Waals surface area contributed by atoms with Gasteiger partial charge in [0.25, 0.3) is 0 Å². The number of thioether (sulfide) groups is 1. The zero-order valence-corrected chi connectivity index (χ0v) is 20.4. The Morgan fingerprint density at radius 3 is 2.88 bits per heavy atom. The lowest BCUT2D eigenvalue weighted by atomic mass is 10.2. The molecule has 0 saturated carbocycles. The fraction of sp³-hybridized carbons (Fsp3) is 0.250. The van der Waals surface area contributed by atoms with E-state index in [2.05, 4.69) is 21.8 Å². The summed E-state index contributed by atoms with van der Waals surface area (Å²) >= 11 is 2.90. The van der Waals surface area contributed by atoms with Crippen LogP contribution in [0.3, 0.4) is 0 Å². The average molecular weight is 494 g/mol. The normalized spacial score (nSPS) is 14.8. The second-order valence-electron chi connectivity index (χ2n) is 7.75. The molecule has 0 unspecified atom stereocenters. The van der Waals surface area contributed by atoms with Crippen molar-refractivity contribution in [2.75, 3.05) is 12.4 Å². The maximum Gasteiger partial charge on any atom is 0.193 e. The Hall–Kier alpha value is -3.37. The Labute approximate surface area is 205 Å². The number of aromatic nitrogens is 5. The van der Waals surface area contributed by atoms with E-state index >= 15 is 0 Å². The number of ether oxygens (including phenoxy) is 2. The number of carbonyl (C=O) groups is 1. The van der Waals surface area contributed by atoms with Gasteiger partial charge in [0, 0.05) is 35.1 Å². The number of carbonyl (C=O) groups excluding carboxylic acids is 1. The molecule has 1 aliphatic heterocycles. The number of ketones is 1. The Morgan fingerprint density at radius 1 is 1.29 bits per heavy atom. The molecule has 0 aliphatic carbocycles. The van der Waals surface area contributed by atoms with Gasteiger partial charge in [0.2, 0.25) is 0 Å². The second kappa shape index (κ2) is 9.47. The number of Topliss-reactive ketones (excluding diaryl/α,β-unsaturated/α-hetero) is 1. The average Bonchev–Trinajstić information content (AvgIpc) is 3.57. The molecule has 0 spiro atoms. The van der Waals surface area contributed by atoms with Gasteiger partial charge in [0.05, 0.1) is 5.75 Å². The molecule has 0 N–H and O–H groups in total. The van der Waals surface area contributed by atoms with E-state index < -0.39 is 6.10 Å². The van der Waals surface area contributed by atoms with Crippen molar-refractivity contribution in [1.82, 2.24) is 24.3 Å². The molecule has 0 radical (unpaired) electrons. The van der Waals surface area contributed by atoms with Crippen LogP contribution in [0.1, 0.15) is 33.7 Å². The van der Waals surface area contributed by atoms with Crippen molar-refractivity contribution in [3.05, 3.63) is 77.3 Å². The molecular formula is C24H23N5O3S2. The summed E-state index contributed by atoms with van der Waals surface area (Å²) in [7, 11) is 0. The van der Waals surface area contributed by atoms with Crippen molar-refractivity contribution in [2.24, 2.45) is 0 Å². The standard InChI is InChI=1S/C24H23N5O3S2/c1-4-10-28-22(21-13-31-19-7-5-6-8-20(19)32-21)26-27-24(28)34-14-18(30)17-12-15(2)29(16(17)3)23-25-9-11-33-23/h4-9,11-12,21H,1,10,13-14H2,2-3H3/t21-/m1/s1. The van der Waals surface area contributed by atoms with Crippen LogP contribution in [0.4, 0.5) is 0 Å². The van der Waals surface area contributed by atoms with E-state index in [9.17, 15) is 4.79 Å². The predicted octanol–water partition coefficient (Wildman–Crippen LogP) is 4.82. The summed E-state index contributed by atoms with van der Waals surface area (Å²) in [6.07, 6.45) is 3.14. The number of hydrogen-bond donors (Lipinski definition) is 0. The fourth-order valence-corrected chi connectivity index (χ4v) is 5.56. The van der Waals surface area contributed by atoms with Gasteiger partial charge in [0.15, 0.2) is 39.5 Å². The molecule has 34 heavy (non-hydrogen) atoms. The van der Waals surface area contributed by atoms with Crippen LogP contribution in [0.5, 0.6) is 11.5 Å². The van der Waals surface area contributed by atoms with Crippen molar-refractivity contribution >= 4 is 28.9 Å². The number of para-hydroxylation sites is 2. The lowest BCUT2D eigenvalue weighted by Gasteiger charge is -2.26. The van der Waals surface area contributed by atoms with Crippen molar-refractivity contribution in [3.63, 3.8) is 0 Å². The molecule has 4 aromatic rings. The van der Waals surface area contributed by atoms with Crippen LogP contribution in [0.2, 0.25) is 0 Å². The Morgan fingerprint density at radius 2 is 2.12 bits per heavy atom. The Kier molecular flexibility index (Phi) is 6.25. The summed E-state index contributed by atoms with van der Waals surface area (Å²) < 4.78 is 15.9. The van der Waals surface area contributed by atoms with Gasteiger partial charge >= 0.3 is 0 Å². The number of rotatable bonds is 8. The van der Waals surface area contributed by atoms with Crippen LogP contribution in [0.15, 0.2) is 59.7 Å². The molecule has 0 bridgehead atoms. The highest BCUT2D eigenvalue weighted by molar-refractivity contribution is 7.99. The number of thiazole rings is 1. The quantitative estimate of drug-likeness (QED) is 0.198. The number of fused-ring (bicyclic) bond motifs is 1. The minimum atomic E-state index is -0.398. The molecule has 1 aliphatic rings. The SMILES string of the molecule is C=CCn1c(SCC(=O)c2cc(C)n(-c3nccs3)c2C)nnc1[C@H]1COc2ccccc2O1. The predicted molar refractivity (Wildman–Crippen MR) is 131 cm³/mol. The molecule has 1 atom stereocenters. The maximum absolute atomic E-state index is 13.1. The van der Waals surface area contributed by atoms with Gasteiger partial charge in [-0.05, 0) is 32.0 Å². The third-order valence-corrected chi connectivity index (χ3v) is 7.25. The molecule has 8 nitrogen and oxygen atoms in total. The van der Waals surface area contributed by atoms with E-state index in [1.165, 1.54) is 11.8 Å². The molecular weight excluding hydrogens is 470 g/mol. The van der Waals surface area contributed by atoms with E-state index in [0.29, 0.717) is 41.2 Å². The lowest BCUT2D eigenvalue weighted by Crippen LogP contribution is -2.25. The molecule has 0 saturated heterocycles. The molecule has 4 heterocycles. The zero-order valence-electron chi connectivity index (χ0n) is 18.8. The van der Waals surface area contributed by atoms with Crippen LogP contribution in [0.25, 0.3) is 5.13 Å². The van der Waals surface area contributed by atoms with Gasteiger partial charge in [-0.25, -0.2) is 4.98 Å². The van der Waals surface area contributed by atoms with E-state index in [1.54, 1.807) is 23.6 Å². The first-order valence-electron chi connectivity index (χ1n) is 10.7. The minimum absolute atomic E-state index is 0.0294. The van der Waals surface area contributed by atoms with Gasteiger partial charge in [-0.15, -0.1) is 28.1 Å². The van der Waals surface area contributed by atoms with E-state index in [1.807, 2.05) is 58.7 Å². The Balaban J connectivity index is 1.34. The molecule has 1 aromatic carbocycles. The topological polar surface area (TPSA) is 84.1 Å². The highest BCUT2D eigenvalue weighted by atomic mass is 32.2. The summed E-state index contributed by atoms with van der Waals surface area (Å²) in [5.74, 6) is 2.30. The van der Waals surface area contributed by atoms with Crippen LogP contribution < -0.4 is 9.47 Å². The highest BCUT2D eigenvalue weighted by Crippen LogP contribution is 2.36. The van der Waals surface area contributed by atoms with Crippen LogP contribution in [-0.4, -0.2) is 42.5 Å². The Bertz CT molecular complexity index is 1340. The molecule has 0 fully saturated rings. The number of hydrogen-bond acceptors (Lipinski definition) is 8. The van der Waals surface area contributed by atoms with Gasteiger partial charge in [-0.3, -0.25) is 13.9 Å². The van der Waals surface area contributed by atoms with Crippen molar-refractivity contribution < 1.29 is 14.3 Å². The lowest BCUT2D eigenvalue weighted by molar-refractivity contribution is 0.0821. The first-order valence-corrected chi connectivity index (χ1v) is 12.6. The molecule has 3 aromatic heterocycles. The first kappa shape index (κ1) is 22.4. The van der Waals surface area contributed by atoms with E-state index in [-0.39, 0.29) is 11.5 Å². The van der Waals surface area contributed by atoms with Gasteiger partial charge < -0.3 is 9.47 Å². The molecule has 10 heteroatoms. The van der Waals surface area contributed by atoms with Gasteiger partial charge in [-0.2, -0.15) is 0 Å². The molecule has 0 amide bonds. The second-order valence-corrected chi connectivity index (χ2v) is 9.57. The highest BCUT2D eigenvalue weighted by Gasteiger charge is 2.28. The number of allylic oxidation sites excluding steroid dienone is 1. The maximum atomic E-state index is 13.1. The smallest absolute Gasteiger partial charge is 0.193 e. The monoisotopic (exact) mass is 493 g/mol. The number of aryl methyl sites for hydroxylation is 1. The first-order chi connectivity index (χ1) is 16.6. The zero-order chi connectivity index (χ0) is 23.7. The van der Waals surface area contributed by atoms with E-state index in [0.717, 1.165) is 16.5 Å². The minimum Gasteiger partial charge on any atom is -0.485 e. The summed E-state index contributed by atoms with van der Waals surface area (Å²) in [5.41, 5.74) is 2.56. The third kappa shape index (κ3) is 4.14. The van der Waals surface area contributed by atoms with Crippen LogP contribution in [0, 0.1) is 13.8 Å². The third-order valence-electron chi connectivity index (χ3n) is 5.53. The largest absolute Gasteiger partial charge is 0.485 e. The number of nitrogens with zero attached hydrogens (tertiary/aromatic N) is 5. The van der Waals surface area contributed by atoms with Crippen LogP contribution in [-0.2, 0) is 6.54 Å². The number of benzene rings is 1. The summed E-state index contributed by atoms with van der Waals surface area (Å²) in [5, 5.41) is 12.1. The summed E-state index contributed by atoms with van der Waals surface area (Å²) in [6.45, 7) is 8.62. The van der Waals surface area contributed by atoms with Crippen LogP contribution >= 0.6 is 23.1 Å². The van der Waals surface area contributed by atoms with E-state index in [4.69, 9.17) is 9.47 Å². The fourth-order valence-electron chi connectivity index (χ4n) is 3.97. The molecule has 174 valence electrons. The summed E-state index contributed by atoms with van der Waals surface area (Å²) in [6, 6.07) is 9.47. The summed E-state index contributed by atoms with van der Waals surface area (Å²) in [4.78, 5) is 17.5. The van der Waals surface area contributed by atoms with Gasteiger partial charge in [-0.1, -0.05) is 30.0 Å². The van der Waals surface area contributed by atoms with Gasteiger partial charge in [0.1, 0.15) is 6.61 Å². The molecule has 5 rings (SSSR count). The van der Waals surface area contributed by atoms with Crippen molar-refractivity contribution in [2.45, 2.75) is 31.7 Å². The van der Waals surface area contributed by atoms with Crippen molar-refractivity contribution in [1.29, 1.82) is 0 Å². The van der Waals surface area contributed by atoms with Crippen molar-refractivity contribution in [3.8, 4) is 16.6 Å².